The number of benzene rings is 1. The first-order chi connectivity index (χ1) is 14.1. The second-order valence-corrected chi connectivity index (χ2v) is 8.10. The Hall–Kier alpha value is -3.13. The normalized spacial score (nSPS) is 12.8. The van der Waals surface area contributed by atoms with Crippen molar-refractivity contribution in [1.82, 2.24) is 23.1 Å². The topological polar surface area (TPSA) is 83.3 Å². The first-order valence-corrected chi connectivity index (χ1v) is 9.92. The van der Waals surface area contributed by atoms with Gasteiger partial charge in [0.15, 0.2) is 16.9 Å². The Bertz CT molecular complexity index is 1490. The van der Waals surface area contributed by atoms with Crippen LogP contribution in [0, 0.1) is 20.8 Å². The molecule has 0 aliphatic heterocycles. The van der Waals surface area contributed by atoms with Crippen molar-refractivity contribution in [3.63, 3.8) is 0 Å². The number of ketones is 1. The van der Waals surface area contributed by atoms with E-state index in [1.165, 1.54) is 11.5 Å². The summed E-state index contributed by atoms with van der Waals surface area (Å²) in [6.07, 6.45) is 0. The minimum atomic E-state index is -0.871. The van der Waals surface area contributed by atoms with Gasteiger partial charge in [-0.1, -0.05) is 17.7 Å². The number of halogens is 1. The van der Waals surface area contributed by atoms with Gasteiger partial charge in [0.25, 0.3) is 5.56 Å². The minimum Gasteiger partial charge on any atom is -0.298 e. The summed E-state index contributed by atoms with van der Waals surface area (Å²) < 4.78 is 5.98. The summed E-state index contributed by atoms with van der Waals surface area (Å²) in [4.78, 5) is 42.8. The van der Waals surface area contributed by atoms with Crippen molar-refractivity contribution in [3.8, 4) is 5.69 Å². The highest BCUT2D eigenvalue weighted by atomic mass is 35.5. The molecule has 0 aliphatic carbocycles. The van der Waals surface area contributed by atoms with Crippen LogP contribution in [0.25, 0.3) is 22.6 Å². The highest BCUT2D eigenvalue weighted by Crippen LogP contribution is 2.28. The van der Waals surface area contributed by atoms with Gasteiger partial charge in [0.05, 0.1) is 11.7 Å². The van der Waals surface area contributed by atoms with Gasteiger partial charge in [-0.25, -0.2) is 9.36 Å². The van der Waals surface area contributed by atoms with Crippen molar-refractivity contribution in [2.75, 3.05) is 0 Å². The van der Waals surface area contributed by atoms with E-state index in [1.807, 2.05) is 43.5 Å². The maximum absolute atomic E-state index is 13.4. The zero-order chi connectivity index (χ0) is 22.1. The average Bonchev–Trinajstić information content (AvgIpc) is 3.18. The lowest BCUT2D eigenvalue weighted by atomic mass is 10.2. The molecule has 0 radical (unpaired) electrons. The summed E-state index contributed by atoms with van der Waals surface area (Å²) in [6, 6.07) is 4.71. The van der Waals surface area contributed by atoms with Crippen LogP contribution < -0.4 is 11.2 Å². The lowest BCUT2D eigenvalue weighted by molar-refractivity contribution is -0.119. The Morgan fingerprint density at radius 1 is 1.13 bits per heavy atom. The second-order valence-electron chi connectivity index (χ2n) is 7.66. The Kier molecular flexibility index (Phi) is 4.50. The van der Waals surface area contributed by atoms with Gasteiger partial charge in [-0.3, -0.25) is 23.1 Å². The van der Waals surface area contributed by atoms with Crippen LogP contribution in [0.1, 0.15) is 36.8 Å². The van der Waals surface area contributed by atoms with Gasteiger partial charge in [-0.05, 0) is 52.3 Å². The lowest BCUT2D eigenvalue weighted by Crippen LogP contribution is -2.42. The van der Waals surface area contributed by atoms with E-state index in [9.17, 15) is 14.4 Å². The number of carbonyl (C=O) groups is 1. The van der Waals surface area contributed by atoms with Crippen LogP contribution in [-0.4, -0.2) is 28.9 Å². The van der Waals surface area contributed by atoms with Crippen molar-refractivity contribution >= 4 is 34.3 Å². The third kappa shape index (κ3) is 2.60. The van der Waals surface area contributed by atoms with Crippen molar-refractivity contribution in [2.45, 2.75) is 40.7 Å². The fourth-order valence-corrected chi connectivity index (χ4v) is 4.02. The van der Waals surface area contributed by atoms with Crippen molar-refractivity contribution < 1.29 is 4.79 Å². The molecule has 30 heavy (non-hydrogen) atoms. The minimum absolute atomic E-state index is 0.263. The van der Waals surface area contributed by atoms with Gasteiger partial charge in [0.1, 0.15) is 0 Å². The molecule has 0 spiro atoms. The fraction of sp³-hybridized carbons (Fsp3) is 0.333. The van der Waals surface area contributed by atoms with E-state index < -0.39 is 17.3 Å². The molecule has 0 unspecified atom stereocenters. The number of rotatable bonds is 3. The molecule has 156 valence electrons. The predicted molar refractivity (Wildman–Crippen MR) is 116 cm³/mol. The lowest BCUT2D eigenvalue weighted by Gasteiger charge is -2.13. The third-order valence-corrected chi connectivity index (χ3v) is 6.09. The van der Waals surface area contributed by atoms with Gasteiger partial charge < -0.3 is 0 Å². The molecule has 8 nitrogen and oxygen atoms in total. The van der Waals surface area contributed by atoms with Gasteiger partial charge >= 0.3 is 5.69 Å². The molecule has 3 aromatic heterocycles. The molecule has 0 N–H and O–H groups in total. The van der Waals surface area contributed by atoms with Crippen molar-refractivity contribution in [3.05, 3.63) is 61.0 Å². The number of Topliss-reactive ketones (excluding diaryl/α,β-unsaturated/α-hetero) is 1. The molecule has 0 amide bonds. The molecule has 4 rings (SSSR count). The quantitative estimate of drug-likeness (QED) is 0.503. The summed E-state index contributed by atoms with van der Waals surface area (Å²) in [5, 5.41) is 0.584. The molecule has 1 aromatic carbocycles. The van der Waals surface area contributed by atoms with Crippen LogP contribution in [0.3, 0.4) is 0 Å². The number of hydrogen-bond donors (Lipinski definition) is 0. The summed E-state index contributed by atoms with van der Waals surface area (Å²) in [5.41, 5.74) is 2.96. The Morgan fingerprint density at radius 3 is 2.43 bits per heavy atom. The summed E-state index contributed by atoms with van der Waals surface area (Å²) in [7, 11) is 1.55. The number of imidazole rings is 2. The second kappa shape index (κ2) is 6.70. The van der Waals surface area contributed by atoms with Crippen LogP contribution in [0.4, 0.5) is 0 Å². The number of hydrogen-bond acceptors (Lipinski definition) is 4. The number of nitrogens with zero attached hydrogens (tertiary/aromatic N) is 5. The van der Waals surface area contributed by atoms with E-state index in [0.29, 0.717) is 10.8 Å². The largest absolute Gasteiger partial charge is 0.333 e. The molecule has 9 heteroatoms. The van der Waals surface area contributed by atoms with E-state index in [2.05, 4.69) is 4.98 Å². The predicted octanol–water partition coefficient (Wildman–Crippen LogP) is 2.87. The zero-order valence-corrected chi connectivity index (χ0v) is 18.4. The van der Waals surface area contributed by atoms with Crippen molar-refractivity contribution in [2.24, 2.45) is 7.05 Å². The van der Waals surface area contributed by atoms with E-state index in [0.717, 1.165) is 27.2 Å². The molecule has 0 aliphatic rings. The third-order valence-electron chi connectivity index (χ3n) is 5.86. The van der Waals surface area contributed by atoms with E-state index >= 15 is 0 Å². The molecule has 0 bridgehead atoms. The van der Waals surface area contributed by atoms with Gasteiger partial charge in [0.2, 0.25) is 5.78 Å². The van der Waals surface area contributed by atoms with Gasteiger partial charge in [-0.15, -0.1) is 0 Å². The highest BCUT2D eigenvalue weighted by molar-refractivity contribution is 6.30. The van der Waals surface area contributed by atoms with E-state index in [1.54, 1.807) is 18.4 Å². The first-order valence-electron chi connectivity index (χ1n) is 9.54. The molecule has 4 aromatic rings. The maximum Gasteiger partial charge on any atom is 0.333 e. The first kappa shape index (κ1) is 20.2. The fourth-order valence-electron chi connectivity index (χ4n) is 3.85. The molecular formula is C21H22ClN5O3. The average molecular weight is 428 g/mol. The smallest absolute Gasteiger partial charge is 0.298 e. The summed E-state index contributed by atoms with van der Waals surface area (Å²) in [6.45, 7) is 8.71. The van der Waals surface area contributed by atoms with Crippen LogP contribution in [0.15, 0.2) is 27.8 Å². The van der Waals surface area contributed by atoms with Crippen LogP contribution >= 0.6 is 11.6 Å². The standard InChI is InChI=1S/C21H22ClN5O3/c1-10-7-8-15(22)9-16(10)25-11(2)12(3)26-17-18(23-20(25)26)24(6)21(30)27(19(17)29)13(4)14(5)28/h7-9,13H,1-6H3/t13-/m0/s1. The molecule has 0 fully saturated rings. The number of carbonyl (C=O) groups excluding carboxylic acids is 1. The van der Waals surface area contributed by atoms with Gasteiger partial charge in [0, 0.05) is 23.5 Å². The Balaban J connectivity index is 2.23. The van der Waals surface area contributed by atoms with Crippen LogP contribution in [-0.2, 0) is 11.8 Å². The van der Waals surface area contributed by atoms with E-state index in [-0.39, 0.29) is 16.9 Å². The van der Waals surface area contributed by atoms with Crippen LogP contribution in [0.2, 0.25) is 5.02 Å². The van der Waals surface area contributed by atoms with Crippen molar-refractivity contribution in [1.29, 1.82) is 0 Å². The Morgan fingerprint density at radius 2 is 1.80 bits per heavy atom. The molecule has 0 saturated carbocycles. The Labute approximate surface area is 176 Å². The maximum atomic E-state index is 13.4. The SMILES string of the molecule is CC(=O)[C@H](C)n1c(=O)c2c(nc3n(-c4cc(Cl)ccc4C)c(C)c(C)n23)n(C)c1=O. The van der Waals surface area contributed by atoms with E-state index in [4.69, 9.17) is 11.6 Å². The molecule has 3 heterocycles. The number of aromatic nitrogens is 5. The zero-order valence-electron chi connectivity index (χ0n) is 17.6. The summed E-state index contributed by atoms with van der Waals surface area (Å²) in [5.74, 6) is 0.236. The summed E-state index contributed by atoms with van der Waals surface area (Å²) >= 11 is 6.24. The molecule has 0 saturated heterocycles. The molecular weight excluding hydrogens is 406 g/mol. The van der Waals surface area contributed by atoms with Gasteiger partial charge in [-0.2, -0.15) is 4.98 Å². The number of aryl methyl sites for hydroxylation is 3. The highest BCUT2D eigenvalue weighted by Gasteiger charge is 2.26. The number of fused-ring (bicyclic) bond motifs is 3. The van der Waals surface area contributed by atoms with Crippen LogP contribution in [0.5, 0.6) is 0 Å². The monoisotopic (exact) mass is 427 g/mol. The molecule has 1 atom stereocenters.